The van der Waals surface area contributed by atoms with E-state index in [1.54, 1.807) is 0 Å². The first-order chi connectivity index (χ1) is 12.2. The molecule has 1 unspecified atom stereocenters. The predicted molar refractivity (Wildman–Crippen MR) is 105 cm³/mol. The highest BCUT2D eigenvalue weighted by atomic mass is 32.2. The lowest BCUT2D eigenvalue weighted by atomic mass is 10.1. The van der Waals surface area contributed by atoms with E-state index in [2.05, 4.69) is 39.3 Å². The molecule has 2 aliphatic rings. The molecule has 1 aromatic heterocycles. The van der Waals surface area contributed by atoms with E-state index in [4.69, 9.17) is 4.74 Å². The first-order valence-electron chi connectivity index (χ1n) is 9.37. The molecule has 1 saturated heterocycles. The van der Waals surface area contributed by atoms with Crippen LogP contribution in [0, 0.1) is 0 Å². The third kappa shape index (κ3) is 5.53. The normalized spacial score (nSPS) is 24.5. The number of hydrogen-bond donors (Lipinski definition) is 2. The Kier molecular flexibility index (Phi) is 6.45. The minimum atomic E-state index is 0.330. The van der Waals surface area contributed by atoms with Crippen molar-refractivity contribution < 1.29 is 4.74 Å². The van der Waals surface area contributed by atoms with E-state index in [1.165, 1.54) is 31.4 Å². The van der Waals surface area contributed by atoms with Gasteiger partial charge in [0, 0.05) is 37.1 Å². The van der Waals surface area contributed by atoms with Crippen LogP contribution in [-0.2, 0) is 6.54 Å². The van der Waals surface area contributed by atoms with Gasteiger partial charge in [-0.05, 0) is 62.8 Å². The molecule has 0 radical (unpaired) electrons. The van der Waals surface area contributed by atoms with Gasteiger partial charge in [0.2, 0.25) is 5.88 Å². The molecule has 1 aliphatic carbocycles. The van der Waals surface area contributed by atoms with Crippen molar-refractivity contribution in [2.24, 2.45) is 4.99 Å². The molecule has 5 nitrogen and oxygen atoms in total. The number of hydrogen-bond acceptors (Lipinski definition) is 4. The zero-order valence-electron chi connectivity index (χ0n) is 15.4. The third-order valence-corrected chi connectivity index (χ3v) is 6.54. The quantitative estimate of drug-likeness (QED) is 0.600. The molecule has 2 fully saturated rings. The van der Waals surface area contributed by atoms with Crippen LogP contribution in [0.4, 0.5) is 0 Å². The smallest absolute Gasteiger partial charge is 0.213 e. The molecular weight excluding hydrogens is 332 g/mol. The number of nitrogens with one attached hydrogen (secondary N) is 2. The largest absolute Gasteiger partial charge is 0.474 e. The summed E-state index contributed by atoms with van der Waals surface area (Å²) >= 11 is 2.06. The molecule has 6 heteroatoms. The minimum absolute atomic E-state index is 0.330. The van der Waals surface area contributed by atoms with Crippen molar-refractivity contribution in [3.8, 4) is 5.88 Å². The SMILES string of the molecule is CN=C(NCc1ccnc(OC2CCCC2)c1)NCC1(C)CCCS1. The van der Waals surface area contributed by atoms with Crippen molar-refractivity contribution in [2.45, 2.75) is 62.8 Å². The van der Waals surface area contributed by atoms with Crippen molar-refractivity contribution in [1.29, 1.82) is 0 Å². The molecule has 1 atom stereocenters. The van der Waals surface area contributed by atoms with Crippen LogP contribution in [0.15, 0.2) is 23.3 Å². The molecule has 138 valence electrons. The van der Waals surface area contributed by atoms with E-state index in [1.807, 2.05) is 25.4 Å². The molecule has 2 N–H and O–H groups in total. The Morgan fingerprint density at radius 1 is 1.36 bits per heavy atom. The van der Waals surface area contributed by atoms with Gasteiger partial charge < -0.3 is 15.4 Å². The van der Waals surface area contributed by atoms with Crippen LogP contribution in [0.5, 0.6) is 5.88 Å². The van der Waals surface area contributed by atoms with Gasteiger partial charge in [0.05, 0.1) is 0 Å². The Morgan fingerprint density at radius 2 is 2.20 bits per heavy atom. The fraction of sp³-hybridized carbons (Fsp3) is 0.684. The van der Waals surface area contributed by atoms with Crippen LogP contribution in [0.25, 0.3) is 0 Å². The Hall–Kier alpha value is -1.43. The summed E-state index contributed by atoms with van der Waals surface area (Å²) in [6.07, 6.45) is 9.59. The summed E-state index contributed by atoms with van der Waals surface area (Å²) in [7, 11) is 1.82. The van der Waals surface area contributed by atoms with Crippen molar-refractivity contribution in [2.75, 3.05) is 19.3 Å². The van der Waals surface area contributed by atoms with Gasteiger partial charge in [-0.15, -0.1) is 0 Å². The van der Waals surface area contributed by atoms with Gasteiger partial charge in [-0.2, -0.15) is 11.8 Å². The second-order valence-corrected chi connectivity index (χ2v) is 8.89. The van der Waals surface area contributed by atoms with E-state index in [0.717, 1.165) is 36.8 Å². The number of rotatable bonds is 6. The third-order valence-electron chi connectivity index (χ3n) is 5.00. The van der Waals surface area contributed by atoms with Gasteiger partial charge >= 0.3 is 0 Å². The average Bonchev–Trinajstić information content (AvgIpc) is 3.28. The molecule has 0 bridgehead atoms. The molecule has 1 aliphatic heterocycles. The number of pyridine rings is 1. The topological polar surface area (TPSA) is 58.5 Å². The zero-order valence-corrected chi connectivity index (χ0v) is 16.2. The number of thioether (sulfide) groups is 1. The molecule has 0 amide bonds. The van der Waals surface area contributed by atoms with E-state index in [0.29, 0.717) is 17.4 Å². The lowest BCUT2D eigenvalue weighted by Crippen LogP contribution is -2.43. The number of guanidine groups is 1. The van der Waals surface area contributed by atoms with E-state index >= 15 is 0 Å². The minimum Gasteiger partial charge on any atom is -0.474 e. The van der Waals surface area contributed by atoms with Crippen molar-refractivity contribution in [3.63, 3.8) is 0 Å². The standard InChI is InChI=1S/C19H30N4OS/c1-19(9-5-11-25-19)14-23-18(20-2)22-13-15-8-10-21-17(12-15)24-16-6-3-4-7-16/h8,10,12,16H,3-7,9,11,13-14H2,1-2H3,(H2,20,22,23). The van der Waals surface area contributed by atoms with E-state index < -0.39 is 0 Å². The first-order valence-corrected chi connectivity index (χ1v) is 10.4. The lowest BCUT2D eigenvalue weighted by Gasteiger charge is -2.24. The molecule has 0 aromatic carbocycles. The summed E-state index contributed by atoms with van der Waals surface area (Å²) in [5.41, 5.74) is 1.16. The van der Waals surface area contributed by atoms with E-state index in [-0.39, 0.29) is 0 Å². The summed E-state index contributed by atoms with van der Waals surface area (Å²) in [6, 6.07) is 4.06. The lowest BCUT2D eigenvalue weighted by molar-refractivity contribution is 0.201. The average molecular weight is 363 g/mol. The zero-order chi connectivity index (χ0) is 17.5. The molecule has 1 aromatic rings. The van der Waals surface area contributed by atoms with Crippen LogP contribution in [0.2, 0.25) is 0 Å². The summed E-state index contributed by atoms with van der Waals surface area (Å²) in [4.78, 5) is 8.69. The van der Waals surface area contributed by atoms with Crippen molar-refractivity contribution in [1.82, 2.24) is 15.6 Å². The fourth-order valence-electron chi connectivity index (χ4n) is 3.46. The number of aliphatic imine (C=N–C) groups is 1. The molecular formula is C19H30N4OS. The van der Waals surface area contributed by atoms with Crippen LogP contribution in [0.1, 0.15) is 51.0 Å². The highest BCUT2D eigenvalue weighted by Gasteiger charge is 2.29. The van der Waals surface area contributed by atoms with Crippen molar-refractivity contribution >= 4 is 17.7 Å². The van der Waals surface area contributed by atoms with Gasteiger partial charge in [-0.25, -0.2) is 4.98 Å². The predicted octanol–water partition coefficient (Wildman–Crippen LogP) is 3.35. The van der Waals surface area contributed by atoms with Crippen LogP contribution < -0.4 is 15.4 Å². The molecule has 3 rings (SSSR count). The Bertz CT molecular complexity index is 581. The maximum Gasteiger partial charge on any atom is 0.213 e. The van der Waals surface area contributed by atoms with Gasteiger partial charge in [0.1, 0.15) is 6.10 Å². The maximum absolute atomic E-state index is 5.99. The number of nitrogens with zero attached hydrogens (tertiary/aromatic N) is 2. The van der Waals surface area contributed by atoms with Crippen LogP contribution >= 0.6 is 11.8 Å². The maximum atomic E-state index is 5.99. The molecule has 1 saturated carbocycles. The highest BCUT2D eigenvalue weighted by Crippen LogP contribution is 2.36. The van der Waals surface area contributed by atoms with Gasteiger partial charge in [0.15, 0.2) is 5.96 Å². The highest BCUT2D eigenvalue weighted by molar-refractivity contribution is 8.00. The second kappa shape index (κ2) is 8.79. The Labute approximate surface area is 155 Å². The van der Waals surface area contributed by atoms with Gasteiger partial charge in [0.25, 0.3) is 0 Å². The summed E-state index contributed by atoms with van der Waals surface area (Å²) in [5.74, 6) is 2.86. The first kappa shape index (κ1) is 18.4. The second-order valence-electron chi connectivity index (χ2n) is 7.21. The number of ether oxygens (including phenoxy) is 1. The van der Waals surface area contributed by atoms with Crippen LogP contribution in [-0.4, -0.2) is 41.1 Å². The van der Waals surface area contributed by atoms with Crippen molar-refractivity contribution in [3.05, 3.63) is 23.9 Å². The van der Waals surface area contributed by atoms with Gasteiger partial charge in [-0.1, -0.05) is 0 Å². The molecule has 2 heterocycles. The summed E-state index contributed by atoms with van der Waals surface area (Å²) < 4.78 is 6.32. The molecule has 25 heavy (non-hydrogen) atoms. The fourth-order valence-corrected chi connectivity index (χ4v) is 4.70. The summed E-state index contributed by atoms with van der Waals surface area (Å²) in [6.45, 7) is 4.00. The van der Waals surface area contributed by atoms with Crippen LogP contribution in [0.3, 0.4) is 0 Å². The molecule has 0 spiro atoms. The Balaban J connectivity index is 1.47. The Morgan fingerprint density at radius 3 is 2.92 bits per heavy atom. The van der Waals surface area contributed by atoms with E-state index in [9.17, 15) is 0 Å². The monoisotopic (exact) mass is 362 g/mol. The van der Waals surface area contributed by atoms with Gasteiger partial charge in [-0.3, -0.25) is 4.99 Å². The summed E-state index contributed by atoms with van der Waals surface area (Å²) in [5, 5.41) is 6.86. The number of aromatic nitrogens is 1.